The number of nitriles is 1. The number of pyridine rings is 2. The predicted molar refractivity (Wildman–Crippen MR) is 121 cm³/mol. The van der Waals surface area contributed by atoms with Gasteiger partial charge >= 0.3 is 0 Å². The highest BCUT2D eigenvalue weighted by molar-refractivity contribution is 5.85. The molecule has 1 amide bonds. The van der Waals surface area contributed by atoms with Crippen molar-refractivity contribution in [3.05, 3.63) is 42.4 Å². The van der Waals surface area contributed by atoms with Crippen LogP contribution in [0.1, 0.15) is 25.3 Å². The molecule has 0 unspecified atom stereocenters. The van der Waals surface area contributed by atoms with E-state index in [0.29, 0.717) is 43.9 Å². The fourth-order valence-corrected chi connectivity index (χ4v) is 3.90. The average Bonchev–Trinajstić information content (AvgIpc) is 3.25. The van der Waals surface area contributed by atoms with Gasteiger partial charge in [0.2, 0.25) is 5.91 Å². The van der Waals surface area contributed by atoms with E-state index in [2.05, 4.69) is 27.0 Å². The largest absolute Gasteiger partial charge is 0.492 e. The number of hydrogen-bond donors (Lipinski definition) is 0. The zero-order valence-electron chi connectivity index (χ0n) is 18.0. The minimum Gasteiger partial charge on any atom is -0.492 e. The van der Waals surface area contributed by atoms with Crippen molar-refractivity contribution in [2.24, 2.45) is 0 Å². The lowest BCUT2D eigenvalue weighted by Gasteiger charge is -2.35. The van der Waals surface area contributed by atoms with Crippen molar-refractivity contribution in [1.82, 2.24) is 19.5 Å². The van der Waals surface area contributed by atoms with E-state index in [9.17, 15) is 10.1 Å². The Balaban J connectivity index is 1.54. The monoisotopic (exact) mass is 428 g/mol. The molecule has 0 N–H and O–H groups in total. The lowest BCUT2D eigenvalue weighted by Crippen LogP contribution is -2.49. The van der Waals surface area contributed by atoms with E-state index in [1.807, 2.05) is 30.0 Å². The molecule has 1 fully saturated rings. The summed E-state index contributed by atoms with van der Waals surface area (Å²) < 4.78 is 7.35. The number of fused-ring (bicyclic) bond motifs is 1. The molecular weight excluding hydrogens is 404 g/mol. The number of hydrogen-bond acceptors (Lipinski definition) is 6. The van der Waals surface area contributed by atoms with E-state index in [1.165, 1.54) is 0 Å². The van der Waals surface area contributed by atoms with Crippen molar-refractivity contribution < 1.29 is 9.53 Å². The first-order valence-electron chi connectivity index (χ1n) is 10.6. The normalized spacial score (nSPS) is 13.6. The molecule has 4 heterocycles. The third kappa shape index (κ3) is 4.21. The SMILES string of the molecule is C#CCCC(=O)N1CCN(c2ccc(-c3cc(OCC)cn4ncc(C#N)c34)cn2)CC1. The molecule has 1 saturated heterocycles. The Morgan fingerprint density at radius 2 is 2.06 bits per heavy atom. The highest BCUT2D eigenvalue weighted by Gasteiger charge is 2.21. The molecule has 1 aliphatic heterocycles. The molecule has 32 heavy (non-hydrogen) atoms. The summed E-state index contributed by atoms with van der Waals surface area (Å²) in [6.07, 6.45) is 11.3. The second kappa shape index (κ2) is 9.40. The Labute approximate surface area is 187 Å². The van der Waals surface area contributed by atoms with E-state index in [-0.39, 0.29) is 5.91 Å². The van der Waals surface area contributed by atoms with Gasteiger partial charge in [0.1, 0.15) is 17.6 Å². The highest BCUT2D eigenvalue weighted by atomic mass is 16.5. The van der Waals surface area contributed by atoms with Crippen LogP contribution in [0.3, 0.4) is 0 Å². The van der Waals surface area contributed by atoms with Gasteiger partial charge in [0.15, 0.2) is 0 Å². The molecule has 0 atom stereocenters. The van der Waals surface area contributed by atoms with Crippen LogP contribution in [0.5, 0.6) is 5.75 Å². The fourth-order valence-electron chi connectivity index (χ4n) is 3.90. The van der Waals surface area contributed by atoms with Gasteiger partial charge in [0.05, 0.1) is 30.1 Å². The average molecular weight is 428 g/mol. The van der Waals surface area contributed by atoms with Crippen LogP contribution in [0.4, 0.5) is 5.82 Å². The number of rotatable bonds is 6. The molecule has 3 aromatic rings. The number of nitrogens with zero attached hydrogens (tertiary/aromatic N) is 6. The lowest BCUT2D eigenvalue weighted by molar-refractivity contribution is -0.131. The van der Waals surface area contributed by atoms with Crippen LogP contribution in [0.2, 0.25) is 0 Å². The topological polar surface area (TPSA) is 86.8 Å². The number of aromatic nitrogens is 3. The number of ether oxygens (including phenoxy) is 1. The number of carbonyl (C=O) groups excluding carboxylic acids is 1. The van der Waals surface area contributed by atoms with Crippen LogP contribution < -0.4 is 9.64 Å². The smallest absolute Gasteiger partial charge is 0.223 e. The zero-order valence-corrected chi connectivity index (χ0v) is 18.0. The molecule has 8 nitrogen and oxygen atoms in total. The van der Waals surface area contributed by atoms with Crippen molar-refractivity contribution in [3.63, 3.8) is 0 Å². The highest BCUT2D eigenvalue weighted by Crippen LogP contribution is 2.31. The first-order valence-corrected chi connectivity index (χ1v) is 10.6. The quantitative estimate of drug-likeness (QED) is 0.561. The van der Waals surface area contributed by atoms with Crippen molar-refractivity contribution in [3.8, 4) is 35.3 Å². The predicted octanol–water partition coefficient (Wildman–Crippen LogP) is 2.73. The first-order chi connectivity index (χ1) is 15.6. The van der Waals surface area contributed by atoms with Gasteiger partial charge < -0.3 is 14.5 Å². The summed E-state index contributed by atoms with van der Waals surface area (Å²) in [5.74, 6) is 4.16. The third-order valence-electron chi connectivity index (χ3n) is 5.52. The molecule has 0 aromatic carbocycles. The second-order valence-electron chi connectivity index (χ2n) is 7.46. The summed E-state index contributed by atoms with van der Waals surface area (Å²) in [7, 11) is 0. The second-order valence-corrected chi connectivity index (χ2v) is 7.46. The van der Waals surface area contributed by atoms with Crippen LogP contribution in [-0.2, 0) is 4.79 Å². The molecule has 0 bridgehead atoms. The lowest BCUT2D eigenvalue weighted by atomic mass is 10.1. The summed E-state index contributed by atoms with van der Waals surface area (Å²) in [6, 6.07) is 8.08. The van der Waals surface area contributed by atoms with Gasteiger partial charge in [-0.05, 0) is 25.1 Å². The zero-order chi connectivity index (χ0) is 22.5. The number of terminal acetylenes is 1. The van der Waals surface area contributed by atoms with Crippen LogP contribution in [0, 0.1) is 23.7 Å². The molecule has 4 rings (SSSR count). The van der Waals surface area contributed by atoms with Gasteiger partial charge in [0.25, 0.3) is 0 Å². The third-order valence-corrected chi connectivity index (χ3v) is 5.52. The maximum absolute atomic E-state index is 12.2. The Morgan fingerprint density at radius 1 is 1.25 bits per heavy atom. The number of amides is 1. The molecule has 0 radical (unpaired) electrons. The van der Waals surface area contributed by atoms with Gasteiger partial charge in [-0.1, -0.05) is 0 Å². The fraction of sp³-hybridized carbons (Fsp3) is 0.333. The molecule has 0 aliphatic carbocycles. The molecule has 162 valence electrons. The minimum absolute atomic E-state index is 0.109. The number of carbonyl (C=O) groups is 1. The summed E-state index contributed by atoms with van der Waals surface area (Å²) in [5, 5.41) is 13.8. The Morgan fingerprint density at radius 3 is 2.72 bits per heavy atom. The van der Waals surface area contributed by atoms with E-state index in [0.717, 1.165) is 35.6 Å². The number of piperazine rings is 1. The van der Waals surface area contributed by atoms with Crippen LogP contribution in [-0.4, -0.2) is 58.2 Å². The summed E-state index contributed by atoms with van der Waals surface area (Å²) >= 11 is 0. The van der Waals surface area contributed by atoms with E-state index >= 15 is 0 Å². The summed E-state index contributed by atoms with van der Waals surface area (Å²) in [6.45, 7) is 5.22. The van der Waals surface area contributed by atoms with Gasteiger partial charge in [0, 0.05) is 56.3 Å². The van der Waals surface area contributed by atoms with Crippen LogP contribution in [0.25, 0.3) is 16.6 Å². The van der Waals surface area contributed by atoms with Crippen molar-refractivity contribution in [1.29, 1.82) is 5.26 Å². The minimum atomic E-state index is 0.109. The van der Waals surface area contributed by atoms with Crippen molar-refractivity contribution in [2.75, 3.05) is 37.7 Å². The van der Waals surface area contributed by atoms with Crippen LogP contribution in [0.15, 0.2) is 36.8 Å². The molecular formula is C24H24N6O2. The summed E-state index contributed by atoms with van der Waals surface area (Å²) in [4.78, 5) is 20.9. The molecule has 8 heteroatoms. The van der Waals surface area contributed by atoms with E-state index in [1.54, 1.807) is 23.1 Å². The molecule has 0 spiro atoms. The maximum atomic E-state index is 12.2. The van der Waals surface area contributed by atoms with Crippen molar-refractivity contribution in [2.45, 2.75) is 19.8 Å². The van der Waals surface area contributed by atoms with Gasteiger partial charge in [-0.15, -0.1) is 12.3 Å². The van der Waals surface area contributed by atoms with Crippen LogP contribution >= 0.6 is 0 Å². The Bertz CT molecular complexity index is 1190. The van der Waals surface area contributed by atoms with E-state index < -0.39 is 0 Å². The van der Waals surface area contributed by atoms with Crippen molar-refractivity contribution >= 4 is 17.2 Å². The molecule has 0 saturated carbocycles. The van der Waals surface area contributed by atoms with Gasteiger partial charge in [-0.3, -0.25) is 4.79 Å². The van der Waals surface area contributed by atoms with E-state index in [4.69, 9.17) is 11.2 Å². The van der Waals surface area contributed by atoms with Gasteiger partial charge in [-0.25, -0.2) is 9.50 Å². The molecule has 3 aromatic heterocycles. The summed E-state index contributed by atoms with van der Waals surface area (Å²) in [5.41, 5.74) is 2.94. The number of anilines is 1. The Hall–Kier alpha value is -4.04. The maximum Gasteiger partial charge on any atom is 0.223 e. The Kier molecular flexibility index (Phi) is 6.23. The first kappa shape index (κ1) is 21.2. The standard InChI is InChI=1S/C24H24N6O2/c1-3-5-6-23(31)29-11-9-28(10-12-29)22-8-7-18(15-26-22)21-13-20(32-4-2)17-30-24(21)19(14-25)16-27-30/h1,7-8,13,15-17H,4-6,9-12H2,2H3. The van der Waals surface area contributed by atoms with Gasteiger partial charge in [-0.2, -0.15) is 10.4 Å². The molecule has 1 aliphatic rings.